The molecule has 1 aliphatic heterocycles. The van der Waals surface area contributed by atoms with Crippen LogP contribution in [0, 0.1) is 18.8 Å². The highest BCUT2D eigenvalue weighted by atomic mass is 16.2. The maximum atomic E-state index is 14.3. The first-order valence-electron chi connectivity index (χ1n) is 14.5. The summed E-state index contributed by atoms with van der Waals surface area (Å²) < 4.78 is 2.24. The number of carbonyl (C=O) groups excluding carboxylic acids is 2. The topological polar surface area (TPSA) is 54.3 Å². The summed E-state index contributed by atoms with van der Waals surface area (Å²) in [6, 6.07) is 23.9. The summed E-state index contributed by atoms with van der Waals surface area (Å²) in [6.07, 6.45) is 1.49. The van der Waals surface area contributed by atoms with Crippen LogP contribution in [-0.4, -0.2) is 33.9 Å². The van der Waals surface area contributed by atoms with Crippen molar-refractivity contribution in [1.82, 2.24) is 14.8 Å². The Morgan fingerprint density at radius 2 is 1.57 bits per heavy atom. The molecule has 3 aromatic carbocycles. The molecule has 0 aliphatic carbocycles. The van der Waals surface area contributed by atoms with Crippen molar-refractivity contribution < 1.29 is 9.59 Å². The van der Waals surface area contributed by atoms with Crippen LogP contribution >= 0.6 is 0 Å². The third-order valence-electron chi connectivity index (χ3n) is 8.10. The van der Waals surface area contributed by atoms with E-state index in [-0.39, 0.29) is 23.8 Å². The standard InChI is InChI=1S/C35H41N3O2/c1-22(2)19-20-36-34(39)30(21-23(3)4)38-33(26-11-7-8-12-27(26)35(38)40)31-28-13-9-10-14-29(28)37(6)32(31)25-17-15-24(5)16-18-25/h7-18,22-23,30,33H,19-21H2,1-6H3,(H,36,39). The largest absolute Gasteiger partial charge is 0.354 e. The SMILES string of the molecule is Cc1ccc(-c2c(C3c4ccccc4C(=O)N3C(CC(C)C)C(=O)NCCC(C)C)c3ccccc3n2C)cc1. The van der Waals surface area contributed by atoms with Crippen molar-refractivity contribution in [3.8, 4) is 11.3 Å². The second-order valence-corrected chi connectivity index (χ2v) is 12.0. The Balaban J connectivity index is 1.73. The molecule has 2 unspecified atom stereocenters. The number of hydrogen-bond acceptors (Lipinski definition) is 2. The molecule has 0 bridgehead atoms. The van der Waals surface area contributed by atoms with Gasteiger partial charge in [-0.2, -0.15) is 0 Å². The Kier molecular flexibility index (Phi) is 7.84. The van der Waals surface area contributed by atoms with Crippen LogP contribution in [0.15, 0.2) is 72.8 Å². The van der Waals surface area contributed by atoms with E-state index in [1.807, 2.05) is 23.1 Å². The maximum absolute atomic E-state index is 14.3. The molecule has 40 heavy (non-hydrogen) atoms. The number of fused-ring (bicyclic) bond motifs is 2. The van der Waals surface area contributed by atoms with Crippen LogP contribution in [0.3, 0.4) is 0 Å². The monoisotopic (exact) mass is 535 g/mol. The summed E-state index contributed by atoms with van der Waals surface area (Å²) in [7, 11) is 2.10. The van der Waals surface area contributed by atoms with Gasteiger partial charge in [0.1, 0.15) is 6.04 Å². The number of rotatable bonds is 9. The van der Waals surface area contributed by atoms with Crippen molar-refractivity contribution in [3.63, 3.8) is 0 Å². The number of carbonyl (C=O) groups is 2. The van der Waals surface area contributed by atoms with E-state index in [1.165, 1.54) is 5.56 Å². The van der Waals surface area contributed by atoms with E-state index in [0.29, 0.717) is 24.4 Å². The molecule has 5 rings (SSSR count). The van der Waals surface area contributed by atoms with Crippen molar-refractivity contribution in [3.05, 3.63) is 95.1 Å². The number of benzene rings is 3. The lowest BCUT2D eigenvalue weighted by molar-refractivity contribution is -0.126. The second-order valence-electron chi connectivity index (χ2n) is 12.0. The van der Waals surface area contributed by atoms with Gasteiger partial charge in [-0.15, -0.1) is 0 Å². The smallest absolute Gasteiger partial charge is 0.255 e. The van der Waals surface area contributed by atoms with Crippen LogP contribution in [0.1, 0.15) is 73.6 Å². The van der Waals surface area contributed by atoms with E-state index in [9.17, 15) is 9.59 Å². The molecule has 2 atom stereocenters. The first-order chi connectivity index (χ1) is 19.2. The molecule has 5 heteroatoms. The molecule has 4 aromatic rings. The van der Waals surface area contributed by atoms with Gasteiger partial charge in [0.15, 0.2) is 0 Å². The van der Waals surface area contributed by atoms with Gasteiger partial charge < -0.3 is 14.8 Å². The highest BCUT2D eigenvalue weighted by Gasteiger charge is 2.46. The van der Waals surface area contributed by atoms with Crippen LogP contribution < -0.4 is 5.32 Å². The van der Waals surface area contributed by atoms with E-state index in [2.05, 4.69) is 106 Å². The Labute approximate surface area is 238 Å². The summed E-state index contributed by atoms with van der Waals surface area (Å²) in [5.41, 5.74) is 7.18. The van der Waals surface area contributed by atoms with Gasteiger partial charge in [0.25, 0.3) is 5.91 Å². The Bertz CT molecular complexity index is 1530. The summed E-state index contributed by atoms with van der Waals surface area (Å²) in [5, 5.41) is 4.27. The maximum Gasteiger partial charge on any atom is 0.255 e. The highest BCUT2D eigenvalue weighted by Crippen LogP contribution is 2.47. The zero-order valence-corrected chi connectivity index (χ0v) is 24.6. The summed E-state index contributed by atoms with van der Waals surface area (Å²) in [6.45, 7) is 11.2. The lowest BCUT2D eigenvalue weighted by atomic mass is 9.91. The molecule has 2 heterocycles. The number of amides is 2. The van der Waals surface area contributed by atoms with Crippen molar-refractivity contribution in [1.29, 1.82) is 0 Å². The van der Waals surface area contributed by atoms with Crippen molar-refractivity contribution in [2.45, 2.75) is 59.5 Å². The van der Waals surface area contributed by atoms with Gasteiger partial charge in [0, 0.05) is 35.6 Å². The predicted molar refractivity (Wildman–Crippen MR) is 163 cm³/mol. The fraction of sp³-hybridized carbons (Fsp3) is 0.371. The number of nitrogens with one attached hydrogen (secondary N) is 1. The quantitative estimate of drug-likeness (QED) is 0.245. The van der Waals surface area contributed by atoms with E-state index in [0.717, 1.165) is 39.7 Å². The summed E-state index contributed by atoms with van der Waals surface area (Å²) in [5.74, 6) is 0.579. The molecule has 1 aromatic heterocycles. The minimum atomic E-state index is -0.582. The molecule has 5 nitrogen and oxygen atoms in total. The number of aryl methyl sites for hydroxylation is 2. The molecule has 2 amide bonds. The van der Waals surface area contributed by atoms with Crippen LogP contribution in [0.4, 0.5) is 0 Å². The molecule has 208 valence electrons. The van der Waals surface area contributed by atoms with Crippen LogP contribution in [0.25, 0.3) is 22.2 Å². The molecule has 1 N–H and O–H groups in total. The van der Waals surface area contributed by atoms with Gasteiger partial charge >= 0.3 is 0 Å². The molecule has 0 spiro atoms. The normalized spacial score (nSPS) is 15.8. The second kappa shape index (κ2) is 11.3. The zero-order chi connectivity index (χ0) is 28.6. The molecule has 0 radical (unpaired) electrons. The number of aromatic nitrogens is 1. The third kappa shape index (κ3) is 5.05. The zero-order valence-electron chi connectivity index (χ0n) is 24.6. The molecule has 0 saturated heterocycles. The lowest BCUT2D eigenvalue weighted by Gasteiger charge is -2.34. The minimum Gasteiger partial charge on any atom is -0.354 e. The number of hydrogen-bond donors (Lipinski definition) is 1. The van der Waals surface area contributed by atoms with Gasteiger partial charge in [0.05, 0.1) is 11.7 Å². The molecule has 0 saturated carbocycles. The van der Waals surface area contributed by atoms with Crippen LogP contribution in [0.5, 0.6) is 0 Å². The Hall–Kier alpha value is -3.86. The third-order valence-corrected chi connectivity index (χ3v) is 8.10. The highest BCUT2D eigenvalue weighted by molar-refractivity contribution is 6.04. The van der Waals surface area contributed by atoms with E-state index in [4.69, 9.17) is 0 Å². The summed E-state index contributed by atoms with van der Waals surface area (Å²) in [4.78, 5) is 30.0. The molecule has 0 fully saturated rings. The lowest BCUT2D eigenvalue weighted by Crippen LogP contribution is -2.49. The molecular formula is C35H41N3O2. The Morgan fingerprint density at radius 3 is 2.27 bits per heavy atom. The van der Waals surface area contributed by atoms with Gasteiger partial charge in [0.2, 0.25) is 5.91 Å². The fourth-order valence-electron chi connectivity index (χ4n) is 6.11. The average Bonchev–Trinajstić information content (AvgIpc) is 3.38. The van der Waals surface area contributed by atoms with Gasteiger partial charge in [-0.1, -0.05) is 93.9 Å². The molecular weight excluding hydrogens is 494 g/mol. The van der Waals surface area contributed by atoms with Gasteiger partial charge in [-0.25, -0.2) is 0 Å². The van der Waals surface area contributed by atoms with E-state index < -0.39 is 6.04 Å². The van der Waals surface area contributed by atoms with E-state index >= 15 is 0 Å². The van der Waals surface area contributed by atoms with Crippen molar-refractivity contribution in [2.24, 2.45) is 18.9 Å². The molecule has 1 aliphatic rings. The first kappa shape index (κ1) is 27.7. The first-order valence-corrected chi connectivity index (χ1v) is 14.5. The number of nitrogens with zero attached hydrogens (tertiary/aromatic N) is 2. The predicted octanol–water partition coefficient (Wildman–Crippen LogP) is 7.28. The minimum absolute atomic E-state index is 0.0716. The van der Waals surface area contributed by atoms with Crippen LogP contribution in [-0.2, 0) is 11.8 Å². The number of para-hydroxylation sites is 1. The van der Waals surface area contributed by atoms with Gasteiger partial charge in [-0.05, 0) is 54.9 Å². The fourth-order valence-corrected chi connectivity index (χ4v) is 6.11. The van der Waals surface area contributed by atoms with Crippen molar-refractivity contribution >= 4 is 22.7 Å². The van der Waals surface area contributed by atoms with Gasteiger partial charge in [-0.3, -0.25) is 9.59 Å². The Morgan fingerprint density at radius 1 is 0.900 bits per heavy atom. The summed E-state index contributed by atoms with van der Waals surface area (Å²) >= 11 is 0. The van der Waals surface area contributed by atoms with E-state index in [1.54, 1.807) is 0 Å². The van der Waals surface area contributed by atoms with Crippen LogP contribution in [0.2, 0.25) is 0 Å². The van der Waals surface area contributed by atoms with Crippen molar-refractivity contribution in [2.75, 3.05) is 6.54 Å². The average molecular weight is 536 g/mol.